The fraction of sp³-hybridized carbons (Fsp3) is 0.111. The Kier molecular flexibility index (Phi) is 2.11. The Morgan fingerprint density at radius 1 is 1.50 bits per heavy atom. The lowest BCUT2D eigenvalue weighted by Gasteiger charge is -2.00. The zero-order valence-electron chi connectivity index (χ0n) is 7.27. The van der Waals surface area contributed by atoms with Crippen molar-refractivity contribution in [1.82, 2.24) is 10.2 Å². The molecule has 0 aliphatic heterocycles. The third kappa shape index (κ3) is 1.33. The molecule has 0 saturated heterocycles. The molecule has 1 N–H and O–H groups in total. The van der Waals surface area contributed by atoms with Crippen molar-refractivity contribution in [1.29, 1.82) is 0 Å². The first kappa shape index (κ1) is 9.33. The zero-order chi connectivity index (χ0) is 10.3. The van der Waals surface area contributed by atoms with Gasteiger partial charge in [0.15, 0.2) is 0 Å². The molecule has 3 nitrogen and oxygen atoms in total. The second kappa shape index (κ2) is 3.16. The number of rotatable bonds is 0. The molecule has 72 valence electrons. The molecule has 0 spiro atoms. The first-order valence-electron chi connectivity index (χ1n) is 3.93. The van der Waals surface area contributed by atoms with Gasteiger partial charge in [0, 0.05) is 6.07 Å². The van der Waals surface area contributed by atoms with Crippen LogP contribution in [-0.2, 0) is 0 Å². The molecular weight excluding hydrogens is 251 g/mol. The van der Waals surface area contributed by atoms with Gasteiger partial charge in [-0.1, -0.05) is 0 Å². The number of hydrogen-bond acceptors (Lipinski definition) is 2. The molecule has 5 heteroatoms. The van der Waals surface area contributed by atoms with Crippen LogP contribution in [0, 0.1) is 12.7 Å². The molecule has 0 unspecified atom stereocenters. The average molecular weight is 257 g/mol. The highest BCUT2D eigenvalue weighted by Gasteiger charge is 2.06. The van der Waals surface area contributed by atoms with Crippen molar-refractivity contribution in [2.45, 2.75) is 6.92 Å². The van der Waals surface area contributed by atoms with E-state index in [0.717, 1.165) is 0 Å². The Morgan fingerprint density at radius 2 is 2.21 bits per heavy atom. The number of aromatic nitrogens is 2. The lowest BCUT2D eigenvalue weighted by Crippen LogP contribution is -2.09. The normalized spacial score (nSPS) is 10.8. The van der Waals surface area contributed by atoms with Gasteiger partial charge in [-0.3, -0.25) is 9.89 Å². The third-order valence-corrected chi connectivity index (χ3v) is 2.59. The van der Waals surface area contributed by atoms with Crippen LogP contribution in [0.5, 0.6) is 0 Å². The quantitative estimate of drug-likeness (QED) is 0.785. The highest BCUT2D eigenvalue weighted by molar-refractivity contribution is 9.10. The highest BCUT2D eigenvalue weighted by Crippen LogP contribution is 2.19. The van der Waals surface area contributed by atoms with Gasteiger partial charge in [-0.15, -0.1) is 0 Å². The van der Waals surface area contributed by atoms with Gasteiger partial charge in [0.2, 0.25) is 5.43 Å². The molecule has 2 rings (SSSR count). The third-order valence-electron chi connectivity index (χ3n) is 1.98. The van der Waals surface area contributed by atoms with E-state index in [1.807, 2.05) is 0 Å². The molecule has 0 saturated carbocycles. The van der Waals surface area contributed by atoms with Crippen molar-refractivity contribution in [2.75, 3.05) is 0 Å². The Bertz CT molecular complexity index is 564. The van der Waals surface area contributed by atoms with E-state index in [4.69, 9.17) is 0 Å². The van der Waals surface area contributed by atoms with Gasteiger partial charge in [-0.25, -0.2) is 4.39 Å². The number of benzene rings is 1. The minimum absolute atomic E-state index is 0.181. The summed E-state index contributed by atoms with van der Waals surface area (Å²) in [5.41, 5.74) is 0.594. The predicted octanol–water partition coefficient (Wildman–Crippen LogP) is 2.13. The van der Waals surface area contributed by atoms with E-state index < -0.39 is 5.82 Å². The molecule has 1 heterocycles. The Balaban J connectivity index is 2.97. The second-order valence-corrected chi connectivity index (χ2v) is 3.80. The van der Waals surface area contributed by atoms with E-state index in [1.165, 1.54) is 12.1 Å². The SMILES string of the molecule is Cc1n[nH]c2cc(F)c(Br)cc2c1=O. The summed E-state index contributed by atoms with van der Waals surface area (Å²) < 4.78 is 13.4. The molecule has 0 aliphatic rings. The summed E-state index contributed by atoms with van der Waals surface area (Å²) in [7, 11) is 0. The minimum Gasteiger partial charge on any atom is -0.287 e. The predicted molar refractivity (Wildman–Crippen MR) is 54.8 cm³/mol. The van der Waals surface area contributed by atoms with E-state index in [9.17, 15) is 9.18 Å². The van der Waals surface area contributed by atoms with Crippen molar-refractivity contribution < 1.29 is 4.39 Å². The van der Waals surface area contributed by atoms with Crippen molar-refractivity contribution >= 4 is 26.8 Å². The molecule has 1 aromatic heterocycles. The van der Waals surface area contributed by atoms with Crippen molar-refractivity contribution in [3.63, 3.8) is 0 Å². The van der Waals surface area contributed by atoms with Gasteiger partial charge in [0.1, 0.15) is 11.5 Å². The van der Waals surface area contributed by atoms with E-state index in [2.05, 4.69) is 26.1 Å². The lowest BCUT2D eigenvalue weighted by molar-refractivity contribution is 0.622. The Morgan fingerprint density at radius 3 is 2.93 bits per heavy atom. The maximum atomic E-state index is 13.1. The minimum atomic E-state index is -0.418. The Labute approximate surface area is 87.1 Å². The van der Waals surface area contributed by atoms with Gasteiger partial charge in [0.05, 0.1) is 15.4 Å². The molecule has 2 aromatic rings. The number of aromatic amines is 1. The van der Waals surface area contributed by atoms with Crippen LogP contribution in [0.2, 0.25) is 0 Å². The smallest absolute Gasteiger partial charge is 0.210 e. The zero-order valence-corrected chi connectivity index (χ0v) is 8.85. The van der Waals surface area contributed by atoms with Crippen molar-refractivity contribution in [3.8, 4) is 0 Å². The molecular formula is C9H6BrFN2O. The van der Waals surface area contributed by atoms with Gasteiger partial charge in [-0.2, -0.15) is 5.10 Å². The molecule has 0 aliphatic carbocycles. The second-order valence-electron chi connectivity index (χ2n) is 2.95. The fourth-order valence-electron chi connectivity index (χ4n) is 1.22. The maximum absolute atomic E-state index is 13.1. The lowest BCUT2D eigenvalue weighted by atomic mass is 10.2. The number of H-pyrrole nitrogens is 1. The number of fused-ring (bicyclic) bond motifs is 1. The molecule has 0 bridgehead atoms. The van der Waals surface area contributed by atoms with E-state index in [-0.39, 0.29) is 9.90 Å². The number of nitrogens with zero attached hydrogens (tertiary/aromatic N) is 1. The number of hydrogen-bond donors (Lipinski definition) is 1. The molecule has 0 amide bonds. The van der Waals surface area contributed by atoms with E-state index >= 15 is 0 Å². The average Bonchev–Trinajstić information content (AvgIpc) is 2.15. The summed E-state index contributed by atoms with van der Waals surface area (Å²) >= 11 is 3.03. The molecule has 0 fully saturated rings. The molecule has 0 radical (unpaired) electrons. The molecule has 14 heavy (non-hydrogen) atoms. The molecule has 1 aromatic carbocycles. The van der Waals surface area contributed by atoms with Crippen LogP contribution in [0.15, 0.2) is 21.4 Å². The van der Waals surface area contributed by atoms with Crippen LogP contribution >= 0.6 is 15.9 Å². The van der Waals surface area contributed by atoms with E-state index in [0.29, 0.717) is 16.6 Å². The first-order valence-corrected chi connectivity index (χ1v) is 4.73. The number of nitrogens with one attached hydrogen (secondary N) is 1. The van der Waals surface area contributed by atoms with Crippen LogP contribution in [-0.4, -0.2) is 10.2 Å². The van der Waals surface area contributed by atoms with E-state index in [1.54, 1.807) is 6.92 Å². The van der Waals surface area contributed by atoms with Gasteiger partial charge in [0.25, 0.3) is 0 Å². The largest absolute Gasteiger partial charge is 0.287 e. The summed E-state index contributed by atoms with van der Waals surface area (Å²) in [6.45, 7) is 1.61. The monoisotopic (exact) mass is 256 g/mol. The maximum Gasteiger partial charge on any atom is 0.210 e. The summed E-state index contributed by atoms with van der Waals surface area (Å²) in [5.74, 6) is -0.418. The summed E-state index contributed by atoms with van der Waals surface area (Å²) in [5, 5.41) is 6.81. The topological polar surface area (TPSA) is 45.8 Å². The summed E-state index contributed by atoms with van der Waals surface area (Å²) in [6, 6.07) is 2.70. The summed E-state index contributed by atoms with van der Waals surface area (Å²) in [6.07, 6.45) is 0. The first-order chi connectivity index (χ1) is 6.59. The van der Waals surface area contributed by atoms with Crippen LogP contribution in [0.1, 0.15) is 5.69 Å². The Hall–Kier alpha value is -1.23. The van der Waals surface area contributed by atoms with Crippen LogP contribution in [0.25, 0.3) is 10.9 Å². The fourth-order valence-corrected chi connectivity index (χ4v) is 1.56. The van der Waals surface area contributed by atoms with Gasteiger partial charge >= 0.3 is 0 Å². The number of aryl methyl sites for hydroxylation is 1. The van der Waals surface area contributed by atoms with Crippen LogP contribution in [0.4, 0.5) is 4.39 Å². The van der Waals surface area contributed by atoms with Gasteiger partial charge in [-0.05, 0) is 28.9 Å². The van der Waals surface area contributed by atoms with Crippen LogP contribution < -0.4 is 5.43 Å². The molecule has 0 atom stereocenters. The van der Waals surface area contributed by atoms with Crippen molar-refractivity contribution in [3.05, 3.63) is 38.3 Å². The standard InChI is InChI=1S/C9H6BrFN2O/c1-4-9(14)5-2-6(10)7(11)3-8(5)13-12-4/h2-3H,1H3,(H,13,14). The van der Waals surface area contributed by atoms with Gasteiger partial charge < -0.3 is 0 Å². The number of halogens is 2. The van der Waals surface area contributed by atoms with Crippen LogP contribution in [0.3, 0.4) is 0 Å². The van der Waals surface area contributed by atoms with Crippen molar-refractivity contribution in [2.24, 2.45) is 0 Å². The summed E-state index contributed by atoms with van der Waals surface area (Å²) in [4.78, 5) is 11.6. The highest BCUT2D eigenvalue weighted by atomic mass is 79.9.